The fourth-order valence-corrected chi connectivity index (χ4v) is 6.76. The van der Waals surface area contributed by atoms with Gasteiger partial charge >= 0.3 is 0 Å². The molecule has 6 rings (SSSR count). The number of hydrogen-bond acceptors (Lipinski definition) is 4. The third kappa shape index (κ3) is 4.78. The summed E-state index contributed by atoms with van der Waals surface area (Å²) in [5, 5.41) is 11.8. The predicted molar refractivity (Wildman–Crippen MR) is 139 cm³/mol. The van der Waals surface area contributed by atoms with Gasteiger partial charge in [-0.05, 0) is 91.9 Å². The maximum Gasteiger partial charge on any atom is 0.167 e. The van der Waals surface area contributed by atoms with Crippen molar-refractivity contribution in [2.75, 3.05) is 20.2 Å². The number of ether oxygens (including phenoxy) is 1. The summed E-state index contributed by atoms with van der Waals surface area (Å²) in [6.45, 7) is 6.38. The van der Waals surface area contributed by atoms with E-state index in [1.165, 1.54) is 56.1 Å². The van der Waals surface area contributed by atoms with Crippen molar-refractivity contribution in [1.82, 2.24) is 20.9 Å². The number of nitrogens with one attached hydrogen (secondary N) is 3. The molecule has 0 aromatic rings. The molecule has 4 fully saturated rings. The zero-order valence-corrected chi connectivity index (χ0v) is 20.6. The molecule has 178 valence electrons. The van der Waals surface area contributed by atoms with Crippen molar-refractivity contribution in [3.63, 3.8) is 0 Å². The second-order valence-electron chi connectivity index (χ2n) is 10.2. The second kappa shape index (κ2) is 10.1. The molecule has 6 aliphatic rings. The number of fused-ring (bicyclic) bond motifs is 4. The molecule has 6 heteroatoms. The first-order valence-corrected chi connectivity index (χ1v) is 13.1. The Morgan fingerprint density at radius 2 is 2.12 bits per heavy atom. The zero-order chi connectivity index (χ0) is 22.8. The summed E-state index contributed by atoms with van der Waals surface area (Å²) in [5.41, 5.74) is 2.59. The van der Waals surface area contributed by atoms with Crippen LogP contribution in [-0.2, 0) is 4.74 Å². The van der Waals surface area contributed by atoms with E-state index >= 15 is 0 Å². The Morgan fingerprint density at radius 1 is 1.27 bits per heavy atom. The van der Waals surface area contributed by atoms with Crippen LogP contribution in [0.15, 0.2) is 60.1 Å². The first-order chi connectivity index (χ1) is 16.2. The van der Waals surface area contributed by atoms with E-state index < -0.39 is 0 Å². The molecule has 3 saturated heterocycles. The van der Waals surface area contributed by atoms with Crippen LogP contribution in [0.4, 0.5) is 0 Å². The van der Waals surface area contributed by atoms with Gasteiger partial charge in [0.1, 0.15) is 5.76 Å². The highest BCUT2D eigenvalue weighted by atomic mass is 32.1. The van der Waals surface area contributed by atoms with Gasteiger partial charge in [-0.25, -0.2) is 0 Å². The molecule has 33 heavy (non-hydrogen) atoms. The first-order valence-electron chi connectivity index (χ1n) is 12.7. The first kappa shape index (κ1) is 22.7. The molecule has 2 bridgehead atoms. The van der Waals surface area contributed by atoms with Crippen LogP contribution in [0.5, 0.6) is 0 Å². The van der Waals surface area contributed by atoms with Crippen LogP contribution in [0.2, 0.25) is 0 Å². The Morgan fingerprint density at radius 3 is 2.85 bits per heavy atom. The fourth-order valence-electron chi connectivity index (χ4n) is 6.46. The van der Waals surface area contributed by atoms with Crippen molar-refractivity contribution in [1.29, 1.82) is 0 Å². The maximum absolute atomic E-state index is 5.90. The molecule has 0 radical (unpaired) electrons. The quantitative estimate of drug-likeness (QED) is 0.407. The van der Waals surface area contributed by atoms with Gasteiger partial charge < -0.3 is 20.7 Å². The van der Waals surface area contributed by atoms with Gasteiger partial charge in [-0.2, -0.15) is 0 Å². The molecule has 0 amide bonds. The van der Waals surface area contributed by atoms with Gasteiger partial charge in [0.25, 0.3) is 0 Å². The number of thiocarbonyl (C=S) groups is 1. The number of hydrogen-bond donors (Lipinski definition) is 3. The standard InChI is InChI=1S/C27H38N4OS/c1-3-18-17-31-14-12-19(18)15-25(31)26(30-27(33)29-20-7-5-4-6-8-20)22-11-13-28-24-10-9-21(32-2)16-23(22)24/h3,9-11,13,16,18-20,24-26,28H,1,4-8,12,14-15,17H2,2H3,(H2,29,30,33)/t18?,19?,24?,25-,26-/m1/s1. The van der Waals surface area contributed by atoms with Crippen LogP contribution in [0.3, 0.4) is 0 Å². The predicted octanol–water partition coefficient (Wildman–Crippen LogP) is 3.93. The molecule has 6 atom stereocenters. The highest BCUT2D eigenvalue weighted by Crippen LogP contribution is 2.40. The van der Waals surface area contributed by atoms with Crippen molar-refractivity contribution in [2.45, 2.75) is 69.1 Å². The van der Waals surface area contributed by atoms with E-state index in [1.54, 1.807) is 7.11 Å². The molecular weight excluding hydrogens is 428 g/mol. The van der Waals surface area contributed by atoms with E-state index in [2.05, 4.69) is 64.0 Å². The van der Waals surface area contributed by atoms with E-state index in [4.69, 9.17) is 17.0 Å². The minimum atomic E-state index is 0.138. The molecule has 4 aliphatic heterocycles. The lowest BCUT2D eigenvalue weighted by Crippen LogP contribution is -2.62. The van der Waals surface area contributed by atoms with Gasteiger partial charge in [-0.1, -0.05) is 31.4 Å². The number of nitrogens with zero attached hydrogens (tertiary/aromatic N) is 1. The van der Waals surface area contributed by atoms with Gasteiger partial charge in [-0.3, -0.25) is 4.90 Å². The third-order valence-corrected chi connectivity index (χ3v) is 8.53. The molecule has 1 saturated carbocycles. The minimum Gasteiger partial charge on any atom is -0.497 e. The molecule has 4 unspecified atom stereocenters. The fraction of sp³-hybridized carbons (Fsp3) is 0.593. The Bertz CT molecular complexity index is 885. The number of dihydropyridines is 1. The van der Waals surface area contributed by atoms with Crippen molar-refractivity contribution < 1.29 is 4.74 Å². The summed E-state index contributed by atoms with van der Waals surface area (Å²) in [5.74, 6) is 2.22. The lowest BCUT2D eigenvalue weighted by molar-refractivity contribution is 0.0101. The molecule has 0 spiro atoms. The maximum atomic E-state index is 5.90. The van der Waals surface area contributed by atoms with E-state index in [9.17, 15) is 0 Å². The summed E-state index contributed by atoms with van der Waals surface area (Å²) >= 11 is 5.90. The van der Waals surface area contributed by atoms with Gasteiger partial charge in [-0.15, -0.1) is 6.58 Å². The topological polar surface area (TPSA) is 48.6 Å². The molecule has 0 aromatic carbocycles. The lowest BCUT2D eigenvalue weighted by Gasteiger charge is -2.52. The van der Waals surface area contributed by atoms with Crippen molar-refractivity contribution in [3.8, 4) is 0 Å². The molecule has 0 aromatic heterocycles. The van der Waals surface area contributed by atoms with Gasteiger partial charge in [0.2, 0.25) is 0 Å². The Labute approximate surface area is 204 Å². The Kier molecular flexibility index (Phi) is 6.93. The summed E-state index contributed by atoms with van der Waals surface area (Å²) in [7, 11) is 1.74. The minimum absolute atomic E-state index is 0.138. The van der Waals surface area contributed by atoms with Crippen molar-refractivity contribution in [3.05, 3.63) is 60.1 Å². The molecule has 2 aliphatic carbocycles. The average molecular weight is 467 g/mol. The Balaban J connectivity index is 1.44. The summed E-state index contributed by atoms with van der Waals surface area (Å²) in [6, 6.07) is 1.23. The van der Waals surface area contributed by atoms with Gasteiger partial charge in [0.15, 0.2) is 5.11 Å². The number of piperidine rings is 3. The number of allylic oxidation sites excluding steroid dienone is 1. The van der Waals surface area contributed by atoms with Crippen molar-refractivity contribution in [2.24, 2.45) is 11.8 Å². The number of rotatable bonds is 6. The highest BCUT2D eigenvalue weighted by molar-refractivity contribution is 7.80. The van der Waals surface area contributed by atoms with Crippen LogP contribution in [0.1, 0.15) is 44.9 Å². The molecular formula is C27H38N4OS. The third-order valence-electron chi connectivity index (χ3n) is 8.29. The SMILES string of the molecule is C=CC1CN2CCC1C[C@@H]2[C@H](NC(=S)NC1CCCCC1)C1=C2C=C(OC)C=CC2NC=C1. The molecule has 4 heterocycles. The van der Waals surface area contributed by atoms with E-state index in [0.717, 1.165) is 24.0 Å². The average Bonchev–Trinajstić information content (AvgIpc) is 2.87. The van der Waals surface area contributed by atoms with Crippen LogP contribution in [0.25, 0.3) is 0 Å². The lowest BCUT2D eigenvalue weighted by atomic mass is 9.72. The van der Waals surface area contributed by atoms with E-state index in [1.807, 2.05) is 0 Å². The smallest absolute Gasteiger partial charge is 0.167 e. The molecule has 3 N–H and O–H groups in total. The molecule has 5 nitrogen and oxygen atoms in total. The van der Waals surface area contributed by atoms with E-state index in [0.29, 0.717) is 23.9 Å². The Hall–Kier alpha value is -2.05. The normalized spacial score (nSPS) is 34.1. The van der Waals surface area contributed by atoms with Crippen LogP contribution in [-0.4, -0.2) is 54.4 Å². The zero-order valence-electron chi connectivity index (χ0n) is 19.8. The van der Waals surface area contributed by atoms with E-state index in [-0.39, 0.29) is 12.1 Å². The van der Waals surface area contributed by atoms with Crippen LogP contribution >= 0.6 is 12.2 Å². The van der Waals surface area contributed by atoms with Gasteiger partial charge in [0.05, 0.1) is 19.2 Å². The summed E-state index contributed by atoms with van der Waals surface area (Å²) in [4.78, 5) is 2.67. The second-order valence-corrected chi connectivity index (χ2v) is 10.6. The largest absolute Gasteiger partial charge is 0.497 e. The number of methoxy groups -OCH3 is 1. The van der Waals surface area contributed by atoms with Crippen LogP contribution < -0.4 is 16.0 Å². The summed E-state index contributed by atoms with van der Waals surface area (Å²) < 4.78 is 5.58. The summed E-state index contributed by atoms with van der Waals surface area (Å²) in [6.07, 6.45) is 21.8. The van der Waals surface area contributed by atoms with Crippen molar-refractivity contribution >= 4 is 17.3 Å². The van der Waals surface area contributed by atoms with Crippen LogP contribution in [0, 0.1) is 11.8 Å². The van der Waals surface area contributed by atoms with Gasteiger partial charge in [0, 0.05) is 18.6 Å². The monoisotopic (exact) mass is 466 g/mol. The highest BCUT2D eigenvalue weighted by Gasteiger charge is 2.44.